The van der Waals surface area contributed by atoms with Crippen LogP contribution in [0.1, 0.15) is 35.6 Å². The summed E-state index contributed by atoms with van der Waals surface area (Å²) in [7, 11) is -3.90. The van der Waals surface area contributed by atoms with Gasteiger partial charge in [-0.3, -0.25) is 4.98 Å². The number of aromatic nitrogens is 1. The highest BCUT2D eigenvalue weighted by Gasteiger charge is 2.40. The highest BCUT2D eigenvalue weighted by atomic mass is 32.2. The van der Waals surface area contributed by atoms with E-state index in [0.29, 0.717) is 24.1 Å². The second kappa shape index (κ2) is 5.94. The van der Waals surface area contributed by atoms with E-state index in [1.165, 1.54) is 0 Å². The average molecular weight is 391 g/mol. The molecule has 1 saturated heterocycles. The van der Waals surface area contributed by atoms with Crippen LogP contribution in [0.15, 0.2) is 23.2 Å². The van der Waals surface area contributed by atoms with Crippen LogP contribution in [0.25, 0.3) is 10.8 Å². The van der Waals surface area contributed by atoms with Gasteiger partial charge in [0.1, 0.15) is 0 Å². The van der Waals surface area contributed by atoms with Gasteiger partial charge in [0.25, 0.3) is 0 Å². The van der Waals surface area contributed by atoms with Gasteiger partial charge in [-0.15, -0.1) is 0 Å². The molecule has 1 aromatic heterocycles. The van der Waals surface area contributed by atoms with Crippen LogP contribution in [0, 0.1) is 0 Å². The van der Waals surface area contributed by atoms with Crippen LogP contribution in [0.4, 0.5) is 4.39 Å². The van der Waals surface area contributed by atoms with Gasteiger partial charge in [0.2, 0.25) is 10.0 Å². The summed E-state index contributed by atoms with van der Waals surface area (Å²) in [6.45, 7) is -0.444. The van der Waals surface area contributed by atoms with E-state index in [2.05, 4.69) is 9.71 Å². The van der Waals surface area contributed by atoms with Crippen LogP contribution in [-0.2, 0) is 27.6 Å². The molecule has 0 bridgehead atoms. The smallest absolute Gasteiger partial charge is 0.241 e. The molecule has 1 atom stereocenters. The molecule has 8 heteroatoms. The first-order valence-corrected chi connectivity index (χ1v) is 10.8. The number of hydrogen-bond donors (Lipinski definition) is 2. The third kappa shape index (κ3) is 3.04. The lowest BCUT2D eigenvalue weighted by atomic mass is 10.0. The van der Waals surface area contributed by atoms with Crippen molar-refractivity contribution in [3.8, 4) is 0 Å². The highest BCUT2D eigenvalue weighted by molar-refractivity contribution is 7.89. The first-order chi connectivity index (χ1) is 12.8. The molecule has 0 spiro atoms. The van der Waals surface area contributed by atoms with Crippen molar-refractivity contribution >= 4 is 20.8 Å². The number of pyridine rings is 1. The van der Waals surface area contributed by atoms with Crippen molar-refractivity contribution in [3.05, 3.63) is 35.2 Å². The summed E-state index contributed by atoms with van der Waals surface area (Å²) < 4.78 is 48.1. The summed E-state index contributed by atoms with van der Waals surface area (Å²) in [6.07, 6.45) is 5.06. The minimum absolute atomic E-state index is 0.0796. The third-order valence-electron chi connectivity index (χ3n) is 5.71. The minimum atomic E-state index is -3.90. The molecule has 27 heavy (non-hydrogen) atoms. The van der Waals surface area contributed by atoms with E-state index in [9.17, 15) is 12.8 Å². The largest absolute Gasteiger partial charge is 0.375 e. The first-order valence-electron chi connectivity index (χ1n) is 9.31. The Hall–Kier alpha value is -1.61. The van der Waals surface area contributed by atoms with E-state index in [4.69, 9.17) is 10.5 Å². The van der Waals surface area contributed by atoms with Crippen molar-refractivity contribution in [3.63, 3.8) is 0 Å². The second-order valence-corrected chi connectivity index (χ2v) is 9.79. The normalized spacial score (nSPS) is 24.0. The molecule has 2 aliphatic carbocycles. The van der Waals surface area contributed by atoms with Crippen LogP contribution in [0.3, 0.4) is 0 Å². The Kier molecular flexibility index (Phi) is 3.85. The molecular weight excluding hydrogens is 369 g/mol. The molecule has 1 unspecified atom stereocenters. The van der Waals surface area contributed by atoms with Gasteiger partial charge in [-0.25, -0.2) is 17.5 Å². The Bertz CT molecular complexity index is 1030. The SMILES string of the molecule is NC1Cc2cc3cnc(C4CC4)cc3c(S(=O)(=O)NCC3(F)COC3)c2C1. The number of fused-ring (bicyclic) bond motifs is 2. The Labute approximate surface area is 157 Å². The molecule has 3 aliphatic rings. The van der Waals surface area contributed by atoms with Gasteiger partial charge >= 0.3 is 0 Å². The second-order valence-electron chi connectivity index (χ2n) is 8.08. The van der Waals surface area contributed by atoms with Gasteiger partial charge in [0, 0.05) is 41.2 Å². The lowest BCUT2D eigenvalue weighted by molar-refractivity contribution is -0.124. The number of benzene rings is 1. The lowest BCUT2D eigenvalue weighted by Crippen LogP contribution is -2.53. The minimum Gasteiger partial charge on any atom is -0.375 e. The Morgan fingerprint density at radius 2 is 2.07 bits per heavy atom. The van der Waals surface area contributed by atoms with Crippen molar-refractivity contribution in [1.29, 1.82) is 0 Å². The topological polar surface area (TPSA) is 94.3 Å². The predicted molar refractivity (Wildman–Crippen MR) is 98.9 cm³/mol. The molecule has 1 aromatic carbocycles. The Morgan fingerprint density at radius 1 is 1.30 bits per heavy atom. The van der Waals surface area contributed by atoms with E-state index in [1.807, 2.05) is 12.1 Å². The maximum Gasteiger partial charge on any atom is 0.241 e. The van der Waals surface area contributed by atoms with E-state index in [-0.39, 0.29) is 30.7 Å². The van der Waals surface area contributed by atoms with Gasteiger partial charge in [-0.1, -0.05) is 0 Å². The summed E-state index contributed by atoms with van der Waals surface area (Å²) >= 11 is 0. The maximum absolute atomic E-state index is 14.3. The molecule has 0 radical (unpaired) electrons. The zero-order valence-electron chi connectivity index (χ0n) is 14.9. The zero-order valence-corrected chi connectivity index (χ0v) is 15.7. The fourth-order valence-electron chi connectivity index (χ4n) is 4.03. The van der Waals surface area contributed by atoms with Gasteiger partial charge in [-0.05, 0) is 48.9 Å². The molecule has 2 heterocycles. The van der Waals surface area contributed by atoms with Crippen molar-refractivity contribution in [1.82, 2.24) is 9.71 Å². The molecule has 0 amide bonds. The van der Waals surface area contributed by atoms with Crippen molar-refractivity contribution in [2.45, 2.75) is 48.2 Å². The number of halogens is 1. The lowest BCUT2D eigenvalue weighted by Gasteiger charge is -2.33. The van der Waals surface area contributed by atoms with E-state index in [0.717, 1.165) is 35.0 Å². The van der Waals surface area contributed by atoms with E-state index >= 15 is 0 Å². The van der Waals surface area contributed by atoms with Crippen molar-refractivity contribution in [2.24, 2.45) is 5.73 Å². The molecule has 5 rings (SSSR count). The summed E-state index contributed by atoms with van der Waals surface area (Å²) in [6, 6.07) is 3.79. The van der Waals surface area contributed by atoms with Crippen LogP contribution in [-0.4, -0.2) is 44.9 Å². The number of nitrogens with two attached hydrogens (primary N) is 1. The third-order valence-corrected chi connectivity index (χ3v) is 7.23. The standard InChI is InChI=1S/C19H22FN3O3S/c20-19(9-26-10-19)8-23-27(24,25)18-15-5-14(21)4-12(15)3-13-7-22-17(6-16(13)18)11-1-2-11/h3,6-7,11,14,23H,1-2,4-5,8-10,21H2. The summed E-state index contributed by atoms with van der Waals surface area (Å²) in [4.78, 5) is 4.77. The predicted octanol–water partition coefficient (Wildman–Crippen LogP) is 1.55. The van der Waals surface area contributed by atoms with Crippen LogP contribution in [0.5, 0.6) is 0 Å². The molecule has 2 aromatic rings. The van der Waals surface area contributed by atoms with Crippen LogP contribution < -0.4 is 10.5 Å². The van der Waals surface area contributed by atoms with Gasteiger partial charge < -0.3 is 10.5 Å². The molecule has 1 aliphatic heterocycles. The number of hydrogen-bond acceptors (Lipinski definition) is 5. The first kappa shape index (κ1) is 17.5. The van der Waals surface area contributed by atoms with E-state index in [1.54, 1.807) is 6.20 Å². The number of nitrogens with one attached hydrogen (secondary N) is 1. The van der Waals surface area contributed by atoms with Crippen molar-refractivity contribution in [2.75, 3.05) is 19.8 Å². The summed E-state index contributed by atoms with van der Waals surface area (Å²) in [5.41, 5.74) is 7.11. The number of sulfonamides is 1. The summed E-state index contributed by atoms with van der Waals surface area (Å²) in [5.74, 6) is 0.412. The van der Waals surface area contributed by atoms with Crippen LogP contribution >= 0.6 is 0 Å². The van der Waals surface area contributed by atoms with Gasteiger partial charge in [0.05, 0.1) is 18.1 Å². The fourth-order valence-corrected chi connectivity index (χ4v) is 5.63. The molecule has 6 nitrogen and oxygen atoms in total. The number of nitrogens with zero attached hydrogens (tertiary/aromatic N) is 1. The fraction of sp³-hybridized carbons (Fsp3) is 0.526. The quantitative estimate of drug-likeness (QED) is 0.807. The molecule has 144 valence electrons. The highest BCUT2D eigenvalue weighted by Crippen LogP contribution is 2.42. The average Bonchev–Trinajstić information content (AvgIpc) is 3.37. The van der Waals surface area contributed by atoms with Crippen LogP contribution in [0.2, 0.25) is 0 Å². The molecule has 1 saturated carbocycles. The number of alkyl halides is 1. The maximum atomic E-state index is 14.3. The Balaban J connectivity index is 1.64. The van der Waals surface area contributed by atoms with Gasteiger partial charge in [-0.2, -0.15) is 0 Å². The molecular formula is C19H22FN3O3S. The number of rotatable bonds is 5. The monoisotopic (exact) mass is 391 g/mol. The van der Waals surface area contributed by atoms with Gasteiger partial charge in [0.15, 0.2) is 5.67 Å². The number of ether oxygens (including phenoxy) is 1. The molecule has 2 fully saturated rings. The van der Waals surface area contributed by atoms with E-state index < -0.39 is 15.7 Å². The Morgan fingerprint density at radius 3 is 2.74 bits per heavy atom. The van der Waals surface area contributed by atoms with Crippen molar-refractivity contribution < 1.29 is 17.5 Å². The zero-order chi connectivity index (χ0) is 18.8. The summed E-state index contributed by atoms with van der Waals surface area (Å²) in [5, 5.41) is 1.44. The molecule has 3 N–H and O–H groups in total.